The van der Waals surface area contributed by atoms with Crippen molar-refractivity contribution in [3.8, 4) is 11.5 Å². The van der Waals surface area contributed by atoms with Crippen LogP contribution in [0.5, 0.6) is 11.5 Å². The summed E-state index contributed by atoms with van der Waals surface area (Å²) in [4.78, 5) is 11.1. The smallest absolute Gasteiger partial charge is 0.336 e. The molecule has 0 aromatic heterocycles. The molecule has 0 aliphatic rings. The topological polar surface area (TPSA) is 77.8 Å². The van der Waals surface area contributed by atoms with Crippen LogP contribution in [0.15, 0.2) is 12.1 Å². The fraction of sp³-hybridized carbons (Fsp3) is 0.533. The van der Waals surface area contributed by atoms with Gasteiger partial charge in [-0.05, 0) is 25.0 Å². The number of carboxylic acid groups (broad SMARTS) is 1. The molecule has 106 valence electrons. The Bertz CT molecular complexity index is 426. The van der Waals surface area contributed by atoms with E-state index in [4.69, 9.17) is 5.11 Å². The maximum absolute atomic E-state index is 11.1. The van der Waals surface area contributed by atoms with Gasteiger partial charge in [-0.3, -0.25) is 0 Å². The van der Waals surface area contributed by atoms with E-state index < -0.39 is 5.97 Å². The monoisotopic (exact) mass is 266 g/mol. The molecule has 0 spiro atoms. The molecule has 0 bridgehead atoms. The minimum atomic E-state index is -1.07. The Kier molecular flexibility index (Phi) is 6.19. The van der Waals surface area contributed by atoms with Gasteiger partial charge in [-0.25, -0.2) is 4.79 Å². The van der Waals surface area contributed by atoms with Crippen molar-refractivity contribution in [3.05, 3.63) is 23.3 Å². The van der Waals surface area contributed by atoms with E-state index in [1.54, 1.807) is 0 Å². The number of aromatic carboxylic acids is 1. The highest BCUT2D eigenvalue weighted by Crippen LogP contribution is 2.32. The van der Waals surface area contributed by atoms with Crippen molar-refractivity contribution in [3.63, 3.8) is 0 Å². The van der Waals surface area contributed by atoms with Crippen molar-refractivity contribution in [2.75, 3.05) is 0 Å². The summed E-state index contributed by atoms with van der Waals surface area (Å²) in [6.45, 7) is 2.16. The fourth-order valence-corrected chi connectivity index (χ4v) is 2.16. The van der Waals surface area contributed by atoms with Gasteiger partial charge in [0, 0.05) is 5.56 Å². The fourth-order valence-electron chi connectivity index (χ4n) is 2.16. The van der Waals surface area contributed by atoms with Crippen LogP contribution in [0.25, 0.3) is 0 Å². The van der Waals surface area contributed by atoms with Gasteiger partial charge in [0.2, 0.25) is 0 Å². The second-order valence-electron chi connectivity index (χ2n) is 4.78. The number of unbranched alkanes of at least 4 members (excludes halogenated alkanes) is 5. The molecule has 0 saturated heterocycles. The summed E-state index contributed by atoms with van der Waals surface area (Å²) < 4.78 is 0. The number of hydrogen-bond donors (Lipinski definition) is 3. The van der Waals surface area contributed by atoms with E-state index >= 15 is 0 Å². The van der Waals surface area contributed by atoms with E-state index in [0.717, 1.165) is 19.3 Å². The molecule has 0 amide bonds. The molecule has 0 heterocycles. The largest absolute Gasteiger partial charge is 0.504 e. The van der Waals surface area contributed by atoms with Gasteiger partial charge < -0.3 is 15.3 Å². The summed E-state index contributed by atoms with van der Waals surface area (Å²) in [5.74, 6) is -1.63. The Balaban J connectivity index is 2.61. The number of carboxylic acids is 1. The number of phenols is 2. The minimum absolute atomic E-state index is 0.0730. The van der Waals surface area contributed by atoms with Crippen molar-refractivity contribution in [1.82, 2.24) is 0 Å². The zero-order chi connectivity index (χ0) is 14.3. The van der Waals surface area contributed by atoms with Crippen LogP contribution in [0.4, 0.5) is 0 Å². The Hall–Kier alpha value is -1.71. The van der Waals surface area contributed by atoms with Crippen molar-refractivity contribution >= 4 is 5.97 Å². The minimum Gasteiger partial charge on any atom is -0.504 e. The lowest BCUT2D eigenvalue weighted by atomic mass is 9.99. The molecule has 0 aliphatic heterocycles. The molecule has 3 N–H and O–H groups in total. The van der Waals surface area contributed by atoms with Crippen LogP contribution in [0.1, 0.15) is 61.4 Å². The molecule has 0 unspecified atom stereocenters. The average molecular weight is 266 g/mol. The molecular formula is C15H22O4. The van der Waals surface area contributed by atoms with Gasteiger partial charge in [0.1, 0.15) is 0 Å². The lowest BCUT2D eigenvalue weighted by Gasteiger charge is -2.10. The highest BCUT2D eigenvalue weighted by molar-refractivity contribution is 5.90. The maximum atomic E-state index is 11.1. The second kappa shape index (κ2) is 7.67. The average Bonchev–Trinajstić information content (AvgIpc) is 2.38. The van der Waals surface area contributed by atoms with Crippen LogP contribution < -0.4 is 0 Å². The Morgan fingerprint density at radius 3 is 2.32 bits per heavy atom. The van der Waals surface area contributed by atoms with Crippen LogP contribution in [0, 0.1) is 0 Å². The van der Waals surface area contributed by atoms with Crippen LogP contribution in [0.3, 0.4) is 0 Å². The third-order valence-corrected chi connectivity index (χ3v) is 3.27. The molecule has 0 atom stereocenters. The van der Waals surface area contributed by atoms with Crippen LogP contribution in [-0.2, 0) is 6.42 Å². The van der Waals surface area contributed by atoms with E-state index in [-0.39, 0.29) is 17.1 Å². The number of rotatable bonds is 8. The van der Waals surface area contributed by atoms with Gasteiger partial charge in [-0.1, -0.05) is 39.0 Å². The molecule has 4 heteroatoms. The van der Waals surface area contributed by atoms with Gasteiger partial charge in [-0.15, -0.1) is 0 Å². The molecule has 0 saturated carbocycles. The van der Waals surface area contributed by atoms with E-state index in [0.29, 0.717) is 12.0 Å². The third-order valence-electron chi connectivity index (χ3n) is 3.27. The molecular weight excluding hydrogens is 244 g/mol. The van der Waals surface area contributed by atoms with Crippen molar-refractivity contribution in [1.29, 1.82) is 0 Å². The second-order valence-corrected chi connectivity index (χ2v) is 4.78. The van der Waals surface area contributed by atoms with E-state index in [1.165, 1.54) is 31.4 Å². The highest BCUT2D eigenvalue weighted by atomic mass is 16.4. The Labute approximate surface area is 113 Å². The van der Waals surface area contributed by atoms with Gasteiger partial charge in [-0.2, -0.15) is 0 Å². The Morgan fingerprint density at radius 1 is 1.05 bits per heavy atom. The van der Waals surface area contributed by atoms with E-state index in [2.05, 4.69) is 6.92 Å². The molecule has 4 nitrogen and oxygen atoms in total. The van der Waals surface area contributed by atoms with E-state index in [9.17, 15) is 15.0 Å². The molecule has 1 aromatic carbocycles. The zero-order valence-electron chi connectivity index (χ0n) is 11.4. The lowest BCUT2D eigenvalue weighted by molar-refractivity contribution is 0.0695. The van der Waals surface area contributed by atoms with Crippen LogP contribution >= 0.6 is 0 Å². The first kappa shape index (κ1) is 15.3. The summed E-state index contributed by atoms with van der Waals surface area (Å²) in [6, 6.07) is 2.55. The third kappa shape index (κ3) is 4.47. The standard InChI is InChI=1S/C15H22O4/c1-2-3-4-5-6-7-8-11-12(15(18)19)9-10-13(16)14(11)17/h9-10,16-17H,2-8H2,1H3,(H,18,19). The molecule has 19 heavy (non-hydrogen) atoms. The number of aromatic hydroxyl groups is 2. The number of hydrogen-bond acceptors (Lipinski definition) is 3. The highest BCUT2D eigenvalue weighted by Gasteiger charge is 2.16. The maximum Gasteiger partial charge on any atom is 0.336 e. The molecule has 1 rings (SSSR count). The summed E-state index contributed by atoms with van der Waals surface area (Å²) >= 11 is 0. The molecule has 1 aromatic rings. The van der Waals surface area contributed by atoms with Crippen LogP contribution in [-0.4, -0.2) is 21.3 Å². The van der Waals surface area contributed by atoms with Gasteiger partial charge >= 0.3 is 5.97 Å². The predicted molar refractivity (Wildman–Crippen MR) is 73.8 cm³/mol. The SMILES string of the molecule is CCCCCCCCc1c(C(=O)O)ccc(O)c1O. The first-order chi connectivity index (χ1) is 9.07. The number of benzene rings is 1. The summed E-state index contributed by atoms with van der Waals surface area (Å²) in [5.41, 5.74) is 0.409. The summed E-state index contributed by atoms with van der Waals surface area (Å²) in [6.07, 6.45) is 7.03. The van der Waals surface area contributed by atoms with Crippen molar-refractivity contribution in [2.45, 2.75) is 51.9 Å². The quantitative estimate of drug-likeness (QED) is 0.495. The molecule has 0 fully saturated rings. The van der Waals surface area contributed by atoms with Crippen molar-refractivity contribution < 1.29 is 20.1 Å². The van der Waals surface area contributed by atoms with Crippen LogP contribution in [0.2, 0.25) is 0 Å². The zero-order valence-corrected chi connectivity index (χ0v) is 11.4. The van der Waals surface area contributed by atoms with Gasteiger partial charge in [0.15, 0.2) is 11.5 Å². The number of phenolic OH excluding ortho intramolecular Hbond substituents is 2. The van der Waals surface area contributed by atoms with Gasteiger partial charge in [0.25, 0.3) is 0 Å². The molecule has 0 radical (unpaired) electrons. The molecule has 0 aliphatic carbocycles. The summed E-state index contributed by atoms with van der Waals surface area (Å²) in [5, 5.41) is 28.3. The normalized spacial score (nSPS) is 10.6. The number of carbonyl (C=O) groups is 1. The predicted octanol–water partition coefficient (Wildman–Crippen LogP) is 3.70. The van der Waals surface area contributed by atoms with E-state index in [1.807, 2.05) is 0 Å². The first-order valence-electron chi connectivity index (χ1n) is 6.85. The summed E-state index contributed by atoms with van der Waals surface area (Å²) in [7, 11) is 0. The first-order valence-corrected chi connectivity index (χ1v) is 6.85. The van der Waals surface area contributed by atoms with Gasteiger partial charge in [0.05, 0.1) is 5.56 Å². The van der Waals surface area contributed by atoms with Crippen molar-refractivity contribution in [2.24, 2.45) is 0 Å². The lowest BCUT2D eigenvalue weighted by Crippen LogP contribution is -2.03. The Morgan fingerprint density at radius 2 is 1.68 bits per heavy atom.